The number of β-amino-alcohol motifs (C(OH)–C–C–N with tert-alkyl or cyclic N) is 1. The summed E-state index contributed by atoms with van der Waals surface area (Å²) in [5.41, 5.74) is 0.540. The van der Waals surface area contributed by atoms with Gasteiger partial charge in [0.25, 0.3) is 0 Å². The number of thiophene rings is 1. The number of likely N-dealkylation sites (tertiary alicyclic amines) is 1. The maximum atomic E-state index is 12.0. The van der Waals surface area contributed by atoms with Gasteiger partial charge < -0.3 is 28.5 Å². The lowest BCUT2D eigenvalue weighted by Gasteiger charge is -2.40. The number of cyclic esters (lactones) is 2. The molecule has 4 aromatic rings. The first-order valence-electron chi connectivity index (χ1n) is 12.5. The molecule has 0 bridgehead atoms. The van der Waals surface area contributed by atoms with Crippen molar-refractivity contribution in [1.82, 2.24) is 4.90 Å². The second kappa shape index (κ2) is 9.61. The molecule has 0 amide bonds. The Morgan fingerprint density at radius 1 is 1.16 bits per heavy atom. The van der Waals surface area contributed by atoms with E-state index in [1.54, 1.807) is 42.7 Å². The van der Waals surface area contributed by atoms with Crippen LogP contribution in [-0.4, -0.2) is 60.3 Å². The molecule has 0 aliphatic carbocycles. The fraction of sp³-hybridized carbons (Fsp3) is 0.357. The molecule has 2 aromatic carbocycles. The molecule has 0 spiro atoms. The van der Waals surface area contributed by atoms with Crippen LogP contribution in [0, 0.1) is 0 Å². The van der Waals surface area contributed by atoms with E-state index in [0.717, 1.165) is 18.6 Å². The van der Waals surface area contributed by atoms with Gasteiger partial charge in [-0.2, -0.15) is 0 Å². The first kappa shape index (κ1) is 24.7. The van der Waals surface area contributed by atoms with Gasteiger partial charge in [-0.25, -0.2) is 9.59 Å². The summed E-state index contributed by atoms with van der Waals surface area (Å²) in [4.78, 5) is 27.5. The molecular formula is C28H27NO8S. The van der Waals surface area contributed by atoms with Gasteiger partial charge in [-0.15, -0.1) is 11.3 Å². The molecule has 198 valence electrons. The molecule has 0 saturated carbocycles. The molecule has 0 radical (unpaired) electrons. The second-order valence-electron chi connectivity index (χ2n) is 9.71. The molecule has 6 rings (SSSR count). The Kier molecular flexibility index (Phi) is 6.25. The number of aliphatic hydroxyl groups excluding tert-OH is 1. The molecule has 2 saturated heterocycles. The molecule has 38 heavy (non-hydrogen) atoms. The maximum Gasteiger partial charge on any atom is 0.451 e. The highest BCUT2D eigenvalue weighted by atomic mass is 32.1. The zero-order valence-corrected chi connectivity index (χ0v) is 21.7. The van der Waals surface area contributed by atoms with Gasteiger partial charge in [-0.05, 0) is 80.1 Å². The highest BCUT2D eigenvalue weighted by molar-refractivity contribution is 7.19. The van der Waals surface area contributed by atoms with Crippen LogP contribution in [0.3, 0.4) is 0 Å². The van der Waals surface area contributed by atoms with Gasteiger partial charge in [0.2, 0.25) is 0 Å². The van der Waals surface area contributed by atoms with Gasteiger partial charge in [0.15, 0.2) is 6.10 Å². The molecule has 0 unspecified atom stereocenters. The standard InChI is InChI=1S/C28H27NO8S/c1-16-12-18(23-13-17-6-7-19(33-2)14-24(17)38-23)8-10-29(16)15-25(30)28(36-26(31)27(32)37-28)35-22-5-3-4-21-20(22)9-11-34-21/h3-7,9,11,13-14,16,18,25,30H,8,10,12,15H2,1-2H3/t16-,18+,25+/m1/s1. The average molecular weight is 538 g/mol. The lowest BCUT2D eigenvalue weighted by atomic mass is 9.90. The molecule has 2 fully saturated rings. The minimum Gasteiger partial charge on any atom is -0.497 e. The first-order chi connectivity index (χ1) is 18.3. The van der Waals surface area contributed by atoms with Crippen LogP contribution in [0.5, 0.6) is 11.5 Å². The van der Waals surface area contributed by atoms with Crippen molar-refractivity contribution in [3.05, 3.63) is 59.7 Å². The van der Waals surface area contributed by atoms with Crippen LogP contribution >= 0.6 is 11.3 Å². The average Bonchev–Trinajstić information content (AvgIpc) is 3.63. The van der Waals surface area contributed by atoms with E-state index < -0.39 is 24.0 Å². The molecule has 4 heterocycles. The van der Waals surface area contributed by atoms with Crippen LogP contribution < -0.4 is 9.47 Å². The largest absolute Gasteiger partial charge is 0.497 e. The molecule has 1 N–H and O–H groups in total. The predicted octanol–water partition coefficient (Wildman–Crippen LogP) is 4.42. The zero-order chi connectivity index (χ0) is 26.4. The van der Waals surface area contributed by atoms with E-state index in [-0.39, 0.29) is 18.3 Å². The zero-order valence-electron chi connectivity index (χ0n) is 20.9. The lowest BCUT2D eigenvalue weighted by Crippen LogP contribution is -2.56. The molecular weight excluding hydrogens is 510 g/mol. The Bertz CT molecular complexity index is 1490. The predicted molar refractivity (Wildman–Crippen MR) is 139 cm³/mol. The summed E-state index contributed by atoms with van der Waals surface area (Å²) in [7, 11) is 1.67. The minimum atomic E-state index is -2.29. The van der Waals surface area contributed by atoms with Crippen molar-refractivity contribution < 1.29 is 38.1 Å². The number of hydrogen-bond donors (Lipinski definition) is 1. The van der Waals surface area contributed by atoms with E-state index in [2.05, 4.69) is 30.0 Å². The molecule has 10 heteroatoms. The summed E-state index contributed by atoms with van der Waals surface area (Å²) in [6, 6.07) is 15.2. The van der Waals surface area contributed by atoms with Crippen LogP contribution in [0.1, 0.15) is 30.6 Å². The SMILES string of the molecule is COc1ccc2cc([C@H]3CCN(C[C@H](O)C4(Oc5cccc6occc56)OC(=O)C(=O)O4)[C@H](C)C3)sc2c1. The van der Waals surface area contributed by atoms with Crippen molar-refractivity contribution in [2.45, 2.75) is 43.8 Å². The monoisotopic (exact) mass is 537 g/mol. The summed E-state index contributed by atoms with van der Waals surface area (Å²) >= 11 is 1.78. The second-order valence-corrected chi connectivity index (χ2v) is 10.8. The van der Waals surface area contributed by atoms with Crippen molar-refractivity contribution >= 4 is 44.3 Å². The number of piperidine rings is 1. The summed E-state index contributed by atoms with van der Waals surface area (Å²) < 4.78 is 28.3. The van der Waals surface area contributed by atoms with Crippen LogP contribution in [-0.2, 0) is 19.1 Å². The Morgan fingerprint density at radius 3 is 2.74 bits per heavy atom. The van der Waals surface area contributed by atoms with E-state index in [4.69, 9.17) is 23.4 Å². The van der Waals surface area contributed by atoms with Gasteiger partial charge >= 0.3 is 17.9 Å². The molecule has 3 atom stereocenters. The highest BCUT2D eigenvalue weighted by Gasteiger charge is 2.58. The van der Waals surface area contributed by atoms with Crippen LogP contribution in [0.4, 0.5) is 0 Å². The number of hydrogen-bond acceptors (Lipinski definition) is 10. The third-order valence-electron chi connectivity index (χ3n) is 7.32. The molecule has 2 aliphatic rings. The van der Waals surface area contributed by atoms with Crippen LogP contribution in [0.2, 0.25) is 0 Å². The Hall–Kier alpha value is -3.60. The lowest BCUT2D eigenvalue weighted by molar-refractivity contribution is -0.319. The van der Waals surface area contributed by atoms with E-state index in [1.807, 2.05) is 6.07 Å². The fourth-order valence-electron chi connectivity index (χ4n) is 5.26. The number of furan rings is 1. The van der Waals surface area contributed by atoms with Gasteiger partial charge in [-0.3, -0.25) is 4.90 Å². The molecule has 2 aromatic heterocycles. The van der Waals surface area contributed by atoms with Gasteiger partial charge in [-0.1, -0.05) is 6.07 Å². The number of aliphatic hydroxyl groups is 1. The summed E-state index contributed by atoms with van der Waals surface area (Å²) in [5, 5.41) is 13.1. The van der Waals surface area contributed by atoms with E-state index in [1.165, 1.54) is 21.2 Å². The van der Waals surface area contributed by atoms with Gasteiger partial charge in [0.05, 0.1) is 18.8 Å². The number of methoxy groups -OCH3 is 1. The Labute approximate surface area is 222 Å². The fourth-order valence-corrected chi connectivity index (χ4v) is 6.50. The smallest absolute Gasteiger partial charge is 0.451 e. The number of nitrogens with zero attached hydrogens (tertiary/aromatic N) is 1. The summed E-state index contributed by atoms with van der Waals surface area (Å²) in [6.07, 6.45) is 1.82. The van der Waals surface area contributed by atoms with Crippen molar-refractivity contribution in [2.24, 2.45) is 0 Å². The van der Waals surface area contributed by atoms with Crippen molar-refractivity contribution in [3.8, 4) is 11.5 Å². The van der Waals surface area contributed by atoms with E-state index in [9.17, 15) is 14.7 Å². The summed E-state index contributed by atoms with van der Waals surface area (Å²) in [5.74, 6) is -3.23. The Morgan fingerprint density at radius 2 is 1.97 bits per heavy atom. The van der Waals surface area contributed by atoms with Crippen molar-refractivity contribution in [2.75, 3.05) is 20.2 Å². The first-order valence-corrected chi connectivity index (χ1v) is 13.3. The van der Waals surface area contributed by atoms with Gasteiger partial charge in [0, 0.05) is 22.2 Å². The van der Waals surface area contributed by atoms with Crippen LogP contribution in [0.15, 0.2) is 59.2 Å². The Balaban J connectivity index is 1.18. The molecule has 9 nitrogen and oxygen atoms in total. The summed E-state index contributed by atoms with van der Waals surface area (Å²) in [6.45, 7) is 2.89. The third-order valence-corrected chi connectivity index (χ3v) is 8.58. The quantitative estimate of drug-likeness (QED) is 0.271. The molecule has 2 aliphatic heterocycles. The number of fused-ring (bicyclic) bond motifs is 2. The minimum absolute atomic E-state index is 0.0828. The normalized spacial score (nSPS) is 22.4. The number of benzene rings is 2. The number of carbonyl (C=O) groups excluding carboxylic acids is 2. The maximum absolute atomic E-state index is 12.0. The number of carbonyl (C=O) groups is 2. The number of esters is 2. The third kappa shape index (κ3) is 4.38. The van der Waals surface area contributed by atoms with Crippen molar-refractivity contribution in [3.63, 3.8) is 0 Å². The van der Waals surface area contributed by atoms with Gasteiger partial charge in [0.1, 0.15) is 17.1 Å². The van der Waals surface area contributed by atoms with Crippen LogP contribution in [0.25, 0.3) is 21.1 Å². The number of rotatable bonds is 7. The highest BCUT2D eigenvalue weighted by Crippen LogP contribution is 2.40. The number of ether oxygens (including phenoxy) is 4. The topological polar surface area (TPSA) is 108 Å². The van der Waals surface area contributed by atoms with E-state index >= 15 is 0 Å². The van der Waals surface area contributed by atoms with Crippen molar-refractivity contribution in [1.29, 1.82) is 0 Å². The van der Waals surface area contributed by atoms with E-state index in [0.29, 0.717) is 23.4 Å².